The lowest BCUT2D eigenvalue weighted by Crippen LogP contribution is -2.50. The topological polar surface area (TPSA) is 162 Å². The summed E-state index contributed by atoms with van der Waals surface area (Å²) in [5, 5.41) is 34.5. The molecule has 0 spiro atoms. The molecule has 1 aliphatic heterocycles. The van der Waals surface area contributed by atoms with Gasteiger partial charge < -0.3 is 20.3 Å². The van der Waals surface area contributed by atoms with Gasteiger partial charge in [-0.05, 0) is 30.1 Å². The summed E-state index contributed by atoms with van der Waals surface area (Å²) in [6.07, 6.45) is 0.204. The number of ether oxygens (including phenoxy) is 1. The average molecular weight is 406 g/mol. The first-order valence-electron chi connectivity index (χ1n) is 7.47. The number of hydrogen-bond donors (Lipinski definition) is 2. The largest absolute Gasteiger partial charge is 0.867 e. The first kappa shape index (κ1) is 20.5. The highest BCUT2D eigenvalue weighted by Gasteiger charge is 2.28. The van der Waals surface area contributed by atoms with Gasteiger partial charge in [0, 0.05) is 29.5 Å². The molecule has 2 amide bonds. The van der Waals surface area contributed by atoms with Gasteiger partial charge in [-0.25, -0.2) is 0 Å². The van der Waals surface area contributed by atoms with E-state index in [1.807, 2.05) is 0 Å². The SMILES string of the molecule is COC(O)=C([O-])/C(=C/N1C(=O)CC(=O)NC1=S)C(=O)c1ccc([N+](=O)[O-])cc1. The van der Waals surface area contributed by atoms with Crippen LogP contribution in [0, 0.1) is 10.1 Å². The van der Waals surface area contributed by atoms with Crippen molar-refractivity contribution < 1.29 is 34.3 Å². The number of allylic oxidation sites excluding steroid dienone is 1. The second kappa shape index (κ2) is 8.26. The van der Waals surface area contributed by atoms with E-state index in [-0.39, 0.29) is 16.4 Å². The minimum Gasteiger partial charge on any atom is -0.867 e. The molecule has 28 heavy (non-hydrogen) atoms. The van der Waals surface area contributed by atoms with Crippen molar-refractivity contribution in [3.8, 4) is 0 Å². The van der Waals surface area contributed by atoms with Crippen molar-refractivity contribution in [3.63, 3.8) is 0 Å². The number of nitrogens with one attached hydrogen (secondary N) is 1. The Morgan fingerprint density at radius 1 is 1.36 bits per heavy atom. The zero-order chi connectivity index (χ0) is 21.0. The van der Waals surface area contributed by atoms with Crippen molar-refractivity contribution in [1.82, 2.24) is 10.2 Å². The van der Waals surface area contributed by atoms with E-state index in [0.29, 0.717) is 4.90 Å². The van der Waals surface area contributed by atoms with E-state index < -0.39 is 46.2 Å². The summed E-state index contributed by atoms with van der Waals surface area (Å²) in [6.45, 7) is 0. The monoisotopic (exact) mass is 406 g/mol. The van der Waals surface area contributed by atoms with E-state index in [0.717, 1.165) is 37.6 Å². The summed E-state index contributed by atoms with van der Waals surface area (Å²) in [5.74, 6) is -4.79. The van der Waals surface area contributed by atoms with E-state index in [9.17, 15) is 34.7 Å². The zero-order valence-electron chi connectivity index (χ0n) is 14.2. The van der Waals surface area contributed by atoms with E-state index in [1.54, 1.807) is 0 Å². The maximum absolute atomic E-state index is 12.7. The maximum Gasteiger partial charge on any atom is 0.269 e. The lowest BCUT2D eigenvalue weighted by Gasteiger charge is -2.26. The molecule has 12 heteroatoms. The van der Waals surface area contributed by atoms with Crippen LogP contribution in [0.3, 0.4) is 0 Å². The number of aliphatic hydroxyl groups is 1. The number of nitro benzene ring substituents is 1. The molecular formula is C16H12N3O8S-. The van der Waals surface area contributed by atoms with Crippen molar-refractivity contribution in [2.45, 2.75) is 6.42 Å². The van der Waals surface area contributed by atoms with Gasteiger partial charge in [0.15, 0.2) is 10.9 Å². The van der Waals surface area contributed by atoms with Crippen molar-refractivity contribution in [2.24, 2.45) is 0 Å². The molecule has 0 radical (unpaired) electrons. The highest BCUT2D eigenvalue weighted by Crippen LogP contribution is 2.20. The Kier molecular flexibility index (Phi) is 6.05. The van der Waals surface area contributed by atoms with Gasteiger partial charge in [-0.2, -0.15) is 0 Å². The van der Waals surface area contributed by atoms with Crippen LogP contribution in [0.2, 0.25) is 0 Å². The van der Waals surface area contributed by atoms with Gasteiger partial charge in [-0.3, -0.25) is 29.4 Å². The number of nitro groups is 1. The fourth-order valence-electron chi connectivity index (χ4n) is 2.14. The molecule has 0 bridgehead atoms. The number of thiocarbonyl (C=S) groups is 1. The van der Waals surface area contributed by atoms with Crippen LogP contribution in [-0.4, -0.2) is 44.7 Å². The van der Waals surface area contributed by atoms with E-state index in [2.05, 4.69) is 10.1 Å². The predicted octanol–water partition coefficient (Wildman–Crippen LogP) is 0.0286. The van der Waals surface area contributed by atoms with Crippen LogP contribution in [0.1, 0.15) is 16.8 Å². The molecule has 0 aliphatic carbocycles. The van der Waals surface area contributed by atoms with Crippen LogP contribution >= 0.6 is 12.2 Å². The van der Waals surface area contributed by atoms with Gasteiger partial charge in [-0.15, -0.1) is 0 Å². The van der Waals surface area contributed by atoms with Crippen molar-refractivity contribution in [3.05, 3.63) is 63.4 Å². The van der Waals surface area contributed by atoms with Gasteiger partial charge in [-0.1, -0.05) is 0 Å². The van der Waals surface area contributed by atoms with Gasteiger partial charge in [0.05, 0.1) is 12.0 Å². The van der Waals surface area contributed by atoms with Crippen molar-refractivity contribution in [2.75, 3.05) is 7.11 Å². The Hall–Kier alpha value is -3.80. The lowest BCUT2D eigenvalue weighted by atomic mass is 10.0. The lowest BCUT2D eigenvalue weighted by molar-refractivity contribution is -0.384. The number of carbonyl (C=O) groups is 3. The predicted molar refractivity (Wildman–Crippen MR) is 94.4 cm³/mol. The zero-order valence-corrected chi connectivity index (χ0v) is 15.0. The minimum atomic E-state index is -1.25. The van der Waals surface area contributed by atoms with Crippen LogP contribution < -0.4 is 10.4 Å². The molecule has 1 saturated heterocycles. The minimum absolute atomic E-state index is 0.131. The molecule has 1 heterocycles. The molecule has 2 rings (SSSR count). The summed E-state index contributed by atoms with van der Waals surface area (Å²) >= 11 is 4.86. The van der Waals surface area contributed by atoms with E-state index in [4.69, 9.17) is 12.2 Å². The normalized spacial score (nSPS) is 15.7. The first-order valence-corrected chi connectivity index (χ1v) is 7.88. The molecule has 0 atom stereocenters. The second-order valence-electron chi connectivity index (χ2n) is 5.31. The smallest absolute Gasteiger partial charge is 0.269 e. The van der Waals surface area contributed by atoms with Crippen LogP contribution in [0.15, 0.2) is 47.7 Å². The maximum atomic E-state index is 12.7. The summed E-state index contributed by atoms with van der Waals surface area (Å²) in [4.78, 5) is 46.8. The molecule has 0 unspecified atom stereocenters. The van der Waals surface area contributed by atoms with Crippen LogP contribution in [0.4, 0.5) is 5.69 Å². The highest BCUT2D eigenvalue weighted by molar-refractivity contribution is 7.80. The first-order chi connectivity index (χ1) is 13.1. The Balaban J connectivity index is 2.52. The fourth-order valence-corrected chi connectivity index (χ4v) is 2.41. The molecule has 0 aromatic heterocycles. The Labute approximate surface area is 162 Å². The molecular weight excluding hydrogens is 394 g/mol. The number of nitrogens with zero attached hydrogens (tertiary/aromatic N) is 2. The van der Waals surface area contributed by atoms with Crippen molar-refractivity contribution >= 4 is 40.6 Å². The number of methoxy groups -OCH3 is 1. The van der Waals surface area contributed by atoms with Gasteiger partial charge in [0.2, 0.25) is 11.8 Å². The third-order valence-electron chi connectivity index (χ3n) is 3.52. The van der Waals surface area contributed by atoms with E-state index >= 15 is 0 Å². The molecule has 1 fully saturated rings. The van der Waals surface area contributed by atoms with Gasteiger partial charge in [0.25, 0.3) is 11.6 Å². The number of non-ortho nitro benzene ring substituents is 1. The number of rotatable bonds is 6. The molecule has 1 aliphatic rings. The number of ketones is 1. The van der Waals surface area contributed by atoms with Crippen LogP contribution in [-0.2, 0) is 14.3 Å². The molecule has 11 nitrogen and oxygen atoms in total. The van der Waals surface area contributed by atoms with E-state index in [1.165, 1.54) is 0 Å². The number of amides is 2. The quantitative estimate of drug-likeness (QED) is 0.0969. The fraction of sp³-hybridized carbons (Fsp3) is 0.125. The third-order valence-corrected chi connectivity index (χ3v) is 3.82. The number of aliphatic hydroxyl groups excluding tert-OH is 1. The highest BCUT2D eigenvalue weighted by atomic mass is 32.1. The molecule has 0 saturated carbocycles. The molecule has 1 aromatic carbocycles. The second-order valence-corrected chi connectivity index (χ2v) is 5.69. The molecule has 146 valence electrons. The van der Waals surface area contributed by atoms with Gasteiger partial charge in [0.1, 0.15) is 6.42 Å². The Morgan fingerprint density at radius 3 is 2.46 bits per heavy atom. The average Bonchev–Trinajstić information content (AvgIpc) is 2.65. The Bertz CT molecular complexity index is 916. The number of hydrogen-bond acceptors (Lipinski definition) is 9. The van der Waals surface area contributed by atoms with Gasteiger partial charge >= 0.3 is 0 Å². The number of carbonyl (C=O) groups excluding carboxylic acids is 3. The van der Waals surface area contributed by atoms with Crippen LogP contribution in [0.25, 0.3) is 0 Å². The van der Waals surface area contributed by atoms with Crippen molar-refractivity contribution in [1.29, 1.82) is 0 Å². The number of benzene rings is 1. The summed E-state index contributed by atoms with van der Waals surface area (Å²) in [5.41, 5.74) is -1.12. The summed E-state index contributed by atoms with van der Waals surface area (Å²) < 4.78 is 4.42. The molecule has 2 N–H and O–H groups in total. The van der Waals surface area contributed by atoms with Crippen LogP contribution in [0.5, 0.6) is 0 Å². The summed E-state index contributed by atoms with van der Waals surface area (Å²) in [7, 11) is 0.984. The Morgan fingerprint density at radius 2 is 1.96 bits per heavy atom. The standard InChI is InChI=1S/C16H13N3O8S/c1-27-15(24)14(23)10(7-18-12(21)6-11(20)17-16(18)28)13(22)8-2-4-9(5-3-8)19(25)26/h2-5,7,23-24H,6H2,1H3,(H,17,20,28)/p-1/b10-7+,15-14?. The summed E-state index contributed by atoms with van der Waals surface area (Å²) in [6, 6.07) is 4.30. The number of Topliss-reactive ketones (excluding diaryl/α,β-unsaturated/α-hetero) is 1. The third kappa shape index (κ3) is 4.29. The molecule has 1 aromatic rings.